The lowest BCUT2D eigenvalue weighted by molar-refractivity contribution is -0.146. The van der Waals surface area contributed by atoms with E-state index >= 15 is 0 Å². The summed E-state index contributed by atoms with van der Waals surface area (Å²) < 4.78 is 4.79. The van der Waals surface area contributed by atoms with E-state index in [2.05, 4.69) is 5.43 Å². The molecule has 0 amide bonds. The molecule has 1 unspecified atom stereocenters. The summed E-state index contributed by atoms with van der Waals surface area (Å²) >= 11 is 0. The molecule has 0 bridgehead atoms. The highest BCUT2D eigenvalue weighted by Crippen LogP contribution is 2.23. The molecule has 1 atom stereocenters. The quantitative estimate of drug-likeness (QED) is 0.338. The number of carboxylic acid groups (broad SMARTS) is 1. The van der Waals surface area contributed by atoms with E-state index in [1.807, 2.05) is 0 Å². The van der Waals surface area contributed by atoms with Crippen molar-refractivity contribution in [3.05, 3.63) is 29.3 Å². The molecule has 0 saturated carbocycles. The standard InChI is InChI=1S/C11H14N2O5/c1-2-18-11(17)8-5-6(13-12)3-4-7(8)9(14)10(15)16/h3-5,9,13-14H,2,12H2,1H3,(H,15,16). The molecular formula is C11H14N2O5. The number of nitrogens with one attached hydrogen (secondary N) is 1. The molecule has 98 valence electrons. The predicted octanol–water partition coefficient (Wildman–Crippen LogP) is 0.267. The van der Waals surface area contributed by atoms with Crippen molar-refractivity contribution in [3.8, 4) is 0 Å². The van der Waals surface area contributed by atoms with Crippen LogP contribution >= 0.6 is 0 Å². The number of aliphatic carboxylic acids is 1. The SMILES string of the molecule is CCOC(=O)c1cc(NN)ccc1C(O)C(=O)O. The number of carboxylic acids is 1. The number of aliphatic hydroxyl groups is 1. The van der Waals surface area contributed by atoms with Gasteiger partial charge in [0.1, 0.15) is 0 Å². The maximum atomic E-state index is 11.7. The van der Waals surface area contributed by atoms with Crippen molar-refractivity contribution in [2.24, 2.45) is 5.84 Å². The van der Waals surface area contributed by atoms with Crippen LogP contribution in [0, 0.1) is 0 Å². The zero-order valence-electron chi connectivity index (χ0n) is 9.71. The molecule has 0 saturated heterocycles. The van der Waals surface area contributed by atoms with Crippen molar-refractivity contribution >= 4 is 17.6 Å². The Labute approximate surface area is 103 Å². The number of rotatable bonds is 5. The van der Waals surface area contributed by atoms with E-state index in [-0.39, 0.29) is 17.7 Å². The Morgan fingerprint density at radius 2 is 2.17 bits per heavy atom. The van der Waals surface area contributed by atoms with Gasteiger partial charge in [-0.25, -0.2) is 9.59 Å². The average Bonchev–Trinajstić information content (AvgIpc) is 2.37. The van der Waals surface area contributed by atoms with Gasteiger partial charge >= 0.3 is 11.9 Å². The molecule has 0 heterocycles. The number of esters is 1. The highest BCUT2D eigenvalue weighted by Gasteiger charge is 2.23. The van der Waals surface area contributed by atoms with Gasteiger partial charge < -0.3 is 20.4 Å². The smallest absolute Gasteiger partial charge is 0.338 e. The molecule has 0 spiro atoms. The fourth-order valence-electron chi connectivity index (χ4n) is 1.40. The number of aliphatic hydroxyl groups excluding tert-OH is 1. The lowest BCUT2D eigenvalue weighted by Gasteiger charge is -2.13. The first-order valence-corrected chi connectivity index (χ1v) is 5.19. The van der Waals surface area contributed by atoms with Crippen LogP contribution in [0.15, 0.2) is 18.2 Å². The van der Waals surface area contributed by atoms with Gasteiger partial charge in [0.15, 0.2) is 6.10 Å². The minimum Gasteiger partial charge on any atom is -0.479 e. The minimum absolute atomic E-state index is 0.0396. The van der Waals surface area contributed by atoms with Gasteiger partial charge in [-0.2, -0.15) is 0 Å². The van der Waals surface area contributed by atoms with Gasteiger partial charge in [0.05, 0.1) is 12.2 Å². The second-order valence-corrected chi connectivity index (χ2v) is 3.41. The maximum absolute atomic E-state index is 11.7. The Morgan fingerprint density at radius 1 is 1.50 bits per heavy atom. The van der Waals surface area contributed by atoms with E-state index in [9.17, 15) is 14.7 Å². The monoisotopic (exact) mass is 254 g/mol. The van der Waals surface area contributed by atoms with Gasteiger partial charge in [-0.15, -0.1) is 0 Å². The molecule has 1 aromatic rings. The molecule has 7 heteroatoms. The van der Waals surface area contributed by atoms with Crippen molar-refractivity contribution in [1.29, 1.82) is 0 Å². The Morgan fingerprint density at radius 3 is 2.67 bits per heavy atom. The van der Waals surface area contributed by atoms with Crippen molar-refractivity contribution in [2.45, 2.75) is 13.0 Å². The molecule has 0 radical (unpaired) electrons. The van der Waals surface area contributed by atoms with Crippen LogP contribution in [0.1, 0.15) is 28.9 Å². The number of hydrazine groups is 1. The van der Waals surface area contributed by atoms with Crippen LogP contribution in [0.3, 0.4) is 0 Å². The molecule has 5 N–H and O–H groups in total. The number of nitrogen functional groups attached to an aromatic ring is 1. The lowest BCUT2D eigenvalue weighted by Crippen LogP contribution is -2.17. The summed E-state index contributed by atoms with van der Waals surface area (Å²) in [6.07, 6.45) is -1.80. The summed E-state index contributed by atoms with van der Waals surface area (Å²) in [5.74, 6) is 3.03. The van der Waals surface area contributed by atoms with Crippen molar-refractivity contribution in [2.75, 3.05) is 12.0 Å². The number of benzene rings is 1. The number of carbonyl (C=O) groups is 2. The van der Waals surface area contributed by atoms with Gasteiger partial charge in [0, 0.05) is 11.3 Å². The summed E-state index contributed by atoms with van der Waals surface area (Å²) in [7, 11) is 0. The predicted molar refractivity (Wildman–Crippen MR) is 62.8 cm³/mol. The summed E-state index contributed by atoms with van der Waals surface area (Å²) in [6.45, 7) is 1.76. The van der Waals surface area contributed by atoms with Gasteiger partial charge in [0.2, 0.25) is 0 Å². The summed E-state index contributed by atoms with van der Waals surface area (Å²) in [6, 6.07) is 4.07. The highest BCUT2D eigenvalue weighted by molar-refractivity contribution is 5.94. The number of carbonyl (C=O) groups excluding carboxylic acids is 1. The number of ether oxygens (including phenoxy) is 1. The van der Waals surface area contributed by atoms with Crippen LogP contribution in [0.2, 0.25) is 0 Å². The first-order valence-electron chi connectivity index (χ1n) is 5.19. The molecule has 0 fully saturated rings. The van der Waals surface area contributed by atoms with Gasteiger partial charge in [-0.1, -0.05) is 6.07 Å². The van der Waals surface area contributed by atoms with Crippen LogP contribution in [-0.4, -0.2) is 28.8 Å². The largest absolute Gasteiger partial charge is 0.479 e. The number of nitrogens with two attached hydrogens (primary N) is 1. The molecule has 0 aromatic heterocycles. The van der Waals surface area contributed by atoms with E-state index in [4.69, 9.17) is 15.7 Å². The van der Waals surface area contributed by atoms with Crippen LogP contribution in [0.5, 0.6) is 0 Å². The molecule has 7 nitrogen and oxygen atoms in total. The molecule has 0 aliphatic heterocycles. The second kappa shape index (κ2) is 5.99. The van der Waals surface area contributed by atoms with Gasteiger partial charge in [-0.05, 0) is 19.1 Å². The lowest BCUT2D eigenvalue weighted by atomic mass is 10.0. The third-order valence-corrected chi connectivity index (χ3v) is 2.24. The zero-order valence-corrected chi connectivity index (χ0v) is 9.71. The van der Waals surface area contributed by atoms with E-state index in [1.54, 1.807) is 6.92 Å². The van der Waals surface area contributed by atoms with E-state index in [0.717, 1.165) is 0 Å². The molecule has 0 aliphatic rings. The van der Waals surface area contributed by atoms with Gasteiger partial charge in [0.25, 0.3) is 0 Å². The van der Waals surface area contributed by atoms with E-state index in [0.29, 0.717) is 5.69 Å². The third-order valence-electron chi connectivity index (χ3n) is 2.24. The molecule has 1 rings (SSSR count). The van der Waals surface area contributed by atoms with Crippen LogP contribution < -0.4 is 11.3 Å². The minimum atomic E-state index is -1.80. The Balaban J connectivity index is 3.24. The van der Waals surface area contributed by atoms with Crippen molar-refractivity contribution in [3.63, 3.8) is 0 Å². The first-order chi connectivity index (χ1) is 8.51. The maximum Gasteiger partial charge on any atom is 0.338 e. The summed E-state index contributed by atoms with van der Waals surface area (Å²) in [5, 5.41) is 18.3. The Kier molecular flexibility index (Phi) is 4.64. The zero-order chi connectivity index (χ0) is 13.7. The van der Waals surface area contributed by atoms with Crippen molar-refractivity contribution in [1.82, 2.24) is 0 Å². The topological polar surface area (TPSA) is 122 Å². The molecule has 18 heavy (non-hydrogen) atoms. The number of hydrogen-bond acceptors (Lipinski definition) is 6. The van der Waals surface area contributed by atoms with Crippen molar-refractivity contribution < 1.29 is 24.5 Å². The fraction of sp³-hybridized carbons (Fsp3) is 0.273. The van der Waals surface area contributed by atoms with Crippen LogP contribution in [0.4, 0.5) is 5.69 Å². The fourth-order valence-corrected chi connectivity index (χ4v) is 1.40. The highest BCUT2D eigenvalue weighted by atomic mass is 16.5. The average molecular weight is 254 g/mol. The third kappa shape index (κ3) is 2.96. The van der Waals surface area contributed by atoms with Crippen LogP contribution in [-0.2, 0) is 9.53 Å². The number of anilines is 1. The van der Waals surface area contributed by atoms with E-state index in [1.165, 1.54) is 18.2 Å². The number of hydrogen-bond donors (Lipinski definition) is 4. The Hall–Kier alpha value is -2.12. The Bertz CT molecular complexity index is 461. The molecule has 0 aliphatic carbocycles. The molecular weight excluding hydrogens is 240 g/mol. The second-order valence-electron chi connectivity index (χ2n) is 3.41. The first kappa shape index (κ1) is 13.9. The van der Waals surface area contributed by atoms with E-state index < -0.39 is 18.0 Å². The summed E-state index contributed by atoms with van der Waals surface area (Å²) in [4.78, 5) is 22.4. The molecule has 1 aromatic carbocycles. The normalized spacial score (nSPS) is 11.7. The van der Waals surface area contributed by atoms with Gasteiger partial charge in [-0.3, -0.25) is 5.84 Å². The van der Waals surface area contributed by atoms with Crippen LogP contribution in [0.25, 0.3) is 0 Å². The summed E-state index contributed by atoms with van der Waals surface area (Å²) in [5.41, 5.74) is 2.64.